The molecule has 5 rings (SSSR count). The number of likely N-dealkylation sites (N-methyl/N-ethyl adjacent to an activating group) is 1. The lowest BCUT2D eigenvalue weighted by Crippen LogP contribution is -2.49. The highest BCUT2D eigenvalue weighted by molar-refractivity contribution is 5.87. The normalized spacial score (nSPS) is 18.6. The highest BCUT2D eigenvalue weighted by atomic mass is 19.1. The number of fused-ring (bicyclic) bond motifs is 1. The van der Waals surface area contributed by atoms with E-state index < -0.39 is 6.67 Å². The van der Waals surface area contributed by atoms with Gasteiger partial charge in [0.2, 0.25) is 0 Å². The summed E-state index contributed by atoms with van der Waals surface area (Å²) in [5.41, 5.74) is 10.1. The van der Waals surface area contributed by atoms with Crippen LogP contribution in [-0.2, 0) is 19.5 Å². The quantitative estimate of drug-likeness (QED) is 0.497. The van der Waals surface area contributed by atoms with Crippen LogP contribution in [0.3, 0.4) is 0 Å². The molecule has 1 unspecified atom stereocenters. The van der Waals surface area contributed by atoms with Crippen molar-refractivity contribution in [2.24, 2.45) is 0 Å². The Balaban J connectivity index is 1.33. The van der Waals surface area contributed by atoms with Crippen molar-refractivity contribution in [2.75, 3.05) is 38.5 Å². The van der Waals surface area contributed by atoms with Gasteiger partial charge in [-0.1, -0.05) is 55.1 Å². The summed E-state index contributed by atoms with van der Waals surface area (Å²) in [4.78, 5) is 5.08. The zero-order valence-electron chi connectivity index (χ0n) is 20.3. The number of nitrogens with one attached hydrogen (secondary N) is 1. The lowest BCUT2D eigenvalue weighted by molar-refractivity contribution is 0.115. The fourth-order valence-corrected chi connectivity index (χ4v) is 5.42. The first-order valence-corrected chi connectivity index (χ1v) is 12.3. The molecule has 0 bridgehead atoms. The van der Waals surface area contributed by atoms with Crippen LogP contribution in [0.1, 0.15) is 27.8 Å². The topological polar surface area (TPSA) is 18.5 Å². The molecule has 1 aliphatic heterocycles. The Morgan fingerprint density at radius 2 is 1.71 bits per heavy atom. The molecule has 1 fully saturated rings. The third-order valence-corrected chi connectivity index (χ3v) is 7.46. The molecule has 3 aromatic rings. The molecule has 4 heteroatoms. The van der Waals surface area contributed by atoms with E-state index in [2.05, 4.69) is 72.1 Å². The maximum absolute atomic E-state index is 13.0. The Kier molecular flexibility index (Phi) is 6.53. The molecule has 2 aliphatic rings. The molecule has 0 aromatic heterocycles. The molecule has 1 aliphatic carbocycles. The fourth-order valence-electron chi connectivity index (χ4n) is 5.42. The van der Waals surface area contributed by atoms with E-state index >= 15 is 0 Å². The maximum atomic E-state index is 13.0. The van der Waals surface area contributed by atoms with E-state index in [9.17, 15) is 4.39 Å². The molecular weight excluding hydrogens is 421 g/mol. The average molecular weight is 456 g/mol. The Bertz CT molecular complexity index is 1180. The predicted octanol–water partition coefficient (Wildman–Crippen LogP) is 5.93. The van der Waals surface area contributed by atoms with E-state index in [1.165, 1.54) is 29.8 Å². The van der Waals surface area contributed by atoms with Gasteiger partial charge in [-0.3, -0.25) is 4.90 Å². The number of halogens is 1. The standard InChI is InChI=1S/C30H34FN3/c1-21-5-4-6-29(30(21)24-9-7-23(20-31)8-10-24)22(2)32-27-12-11-25-18-28(19-26(25)17-27)34-15-13-33(3)14-16-34/h4-12,17,28,32H,2,13-16,18-20H2,1,3H3. The van der Waals surface area contributed by atoms with Crippen LogP contribution in [0.25, 0.3) is 16.8 Å². The molecule has 1 saturated heterocycles. The first kappa shape index (κ1) is 22.8. The minimum absolute atomic E-state index is 0.441. The molecule has 176 valence electrons. The summed E-state index contributed by atoms with van der Waals surface area (Å²) in [6.45, 7) is 10.7. The van der Waals surface area contributed by atoms with Gasteiger partial charge < -0.3 is 10.2 Å². The number of piperazine rings is 1. The maximum Gasteiger partial charge on any atom is 0.115 e. The molecule has 3 nitrogen and oxygen atoms in total. The van der Waals surface area contributed by atoms with Crippen molar-refractivity contribution in [3.8, 4) is 11.1 Å². The summed E-state index contributed by atoms with van der Waals surface area (Å²) in [6, 6.07) is 21.4. The van der Waals surface area contributed by atoms with Gasteiger partial charge in [0.15, 0.2) is 0 Å². The molecular formula is C30H34FN3. The summed E-state index contributed by atoms with van der Waals surface area (Å²) in [5.74, 6) is 0. The van der Waals surface area contributed by atoms with Crippen LogP contribution in [-0.4, -0.2) is 49.1 Å². The second-order valence-electron chi connectivity index (χ2n) is 9.82. The molecule has 1 heterocycles. The van der Waals surface area contributed by atoms with Crippen molar-refractivity contribution in [1.82, 2.24) is 9.80 Å². The SMILES string of the molecule is C=C(Nc1ccc2c(c1)CC(N1CCN(C)CC1)C2)c1cccc(C)c1-c1ccc(CF)cc1. The summed E-state index contributed by atoms with van der Waals surface area (Å²) in [6.07, 6.45) is 2.27. The molecule has 0 amide bonds. The van der Waals surface area contributed by atoms with Crippen LogP contribution < -0.4 is 5.32 Å². The van der Waals surface area contributed by atoms with Crippen LogP contribution in [0.4, 0.5) is 10.1 Å². The zero-order chi connectivity index (χ0) is 23.7. The Labute approximate surface area is 202 Å². The van der Waals surface area contributed by atoms with Gasteiger partial charge in [-0.25, -0.2) is 4.39 Å². The van der Waals surface area contributed by atoms with Crippen LogP contribution in [0, 0.1) is 6.92 Å². The van der Waals surface area contributed by atoms with Gasteiger partial charge in [0.05, 0.1) is 0 Å². The number of alkyl halides is 1. The summed E-state index contributed by atoms with van der Waals surface area (Å²) >= 11 is 0. The van der Waals surface area contributed by atoms with Gasteiger partial charge >= 0.3 is 0 Å². The number of hydrogen-bond donors (Lipinski definition) is 1. The number of hydrogen-bond acceptors (Lipinski definition) is 3. The van der Waals surface area contributed by atoms with Crippen LogP contribution in [0.2, 0.25) is 0 Å². The minimum atomic E-state index is -0.441. The Morgan fingerprint density at radius 3 is 2.44 bits per heavy atom. The summed E-state index contributed by atoms with van der Waals surface area (Å²) in [7, 11) is 2.21. The van der Waals surface area contributed by atoms with E-state index in [4.69, 9.17) is 0 Å². The van der Waals surface area contributed by atoms with Crippen molar-refractivity contribution in [1.29, 1.82) is 0 Å². The number of rotatable bonds is 6. The Morgan fingerprint density at radius 1 is 0.971 bits per heavy atom. The summed E-state index contributed by atoms with van der Waals surface area (Å²) in [5, 5.41) is 3.57. The second kappa shape index (κ2) is 9.73. The smallest absolute Gasteiger partial charge is 0.115 e. The van der Waals surface area contributed by atoms with Gasteiger partial charge in [-0.2, -0.15) is 0 Å². The number of aryl methyl sites for hydroxylation is 1. The molecule has 34 heavy (non-hydrogen) atoms. The van der Waals surface area contributed by atoms with Gasteiger partial charge in [-0.15, -0.1) is 0 Å². The molecule has 0 saturated carbocycles. The van der Waals surface area contributed by atoms with Gasteiger partial charge in [0, 0.05) is 49.2 Å². The first-order valence-electron chi connectivity index (χ1n) is 12.3. The molecule has 1 N–H and O–H groups in total. The van der Waals surface area contributed by atoms with Crippen molar-refractivity contribution in [2.45, 2.75) is 32.5 Å². The minimum Gasteiger partial charge on any atom is -0.355 e. The Hall–Kier alpha value is -2.95. The number of benzene rings is 3. The highest BCUT2D eigenvalue weighted by Gasteiger charge is 2.28. The van der Waals surface area contributed by atoms with Crippen molar-refractivity contribution >= 4 is 11.4 Å². The summed E-state index contributed by atoms with van der Waals surface area (Å²) < 4.78 is 13.0. The van der Waals surface area contributed by atoms with E-state index in [0.717, 1.165) is 54.0 Å². The van der Waals surface area contributed by atoms with E-state index in [0.29, 0.717) is 11.6 Å². The highest BCUT2D eigenvalue weighted by Crippen LogP contribution is 2.34. The largest absolute Gasteiger partial charge is 0.355 e. The van der Waals surface area contributed by atoms with Gasteiger partial charge in [0.25, 0.3) is 0 Å². The van der Waals surface area contributed by atoms with E-state index in [1.54, 1.807) is 0 Å². The predicted molar refractivity (Wildman–Crippen MR) is 141 cm³/mol. The van der Waals surface area contributed by atoms with Crippen molar-refractivity contribution in [3.05, 3.63) is 95.1 Å². The van der Waals surface area contributed by atoms with E-state index in [-0.39, 0.29) is 0 Å². The average Bonchev–Trinajstić information content (AvgIpc) is 3.28. The molecule has 0 spiro atoms. The van der Waals surface area contributed by atoms with Crippen molar-refractivity contribution in [3.63, 3.8) is 0 Å². The lowest BCUT2D eigenvalue weighted by atomic mass is 9.93. The van der Waals surface area contributed by atoms with E-state index in [1.807, 2.05) is 24.3 Å². The van der Waals surface area contributed by atoms with Crippen LogP contribution in [0.15, 0.2) is 67.2 Å². The molecule has 0 radical (unpaired) electrons. The molecule has 1 atom stereocenters. The third kappa shape index (κ3) is 4.66. The molecule has 3 aromatic carbocycles. The van der Waals surface area contributed by atoms with Crippen molar-refractivity contribution < 1.29 is 4.39 Å². The van der Waals surface area contributed by atoms with Crippen LogP contribution >= 0.6 is 0 Å². The second-order valence-corrected chi connectivity index (χ2v) is 9.82. The van der Waals surface area contributed by atoms with Gasteiger partial charge in [-0.05, 0) is 72.3 Å². The van der Waals surface area contributed by atoms with Gasteiger partial charge in [0.1, 0.15) is 6.67 Å². The van der Waals surface area contributed by atoms with Crippen LogP contribution in [0.5, 0.6) is 0 Å². The number of nitrogens with zero attached hydrogens (tertiary/aromatic N) is 2. The number of anilines is 1. The first-order chi connectivity index (χ1) is 16.5. The third-order valence-electron chi connectivity index (χ3n) is 7.46. The zero-order valence-corrected chi connectivity index (χ0v) is 20.3. The fraction of sp³-hybridized carbons (Fsp3) is 0.333. The lowest BCUT2D eigenvalue weighted by Gasteiger charge is -2.36. The monoisotopic (exact) mass is 455 g/mol.